The van der Waals surface area contributed by atoms with Gasteiger partial charge in [0.1, 0.15) is 0 Å². The van der Waals surface area contributed by atoms with Gasteiger partial charge in [0.25, 0.3) is 0 Å². The van der Waals surface area contributed by atoms with Crippen molar-refractivity contribution < 1.29 is 0 Å². The molecule has 0 saturated carbocycles. The zero-order chi connectivity index (χ0) is 5.66. The number of rotatable bonds is 0. The van der Waals surface area contributed by atoms with Gasteiger partial charge in [-0.3, -0.25) is 4.99 Å². The van der Waals surface area contributed by atoms with Crippen molar-refractivity contribution in [1.82, 2.24) is 0 Å². The molecule has 39 valence electrons. The molecule has 0 amide bonds. The maximum Gasteiger partial charge on any atom is 0.0886 e. The molecule has 1 aliphatic rings. The van der Waals surface area contributed by atoms with Gasteiger partial charge in [-0.1, -0.05) is 18.2 Å². The Hall–Kier alpha value is -1.11. The Morgan fingerprint density at radius 1 is 1.00 bits per heavy atom. The van der Waals surface area contributed by atoms with E-state index in [0.717, 1.165) is 0 Å². The lowest BCUT2D eigenvalue weighted by atomic mass is 10.4. The number of hydrogen-bond donors (Lipinski definition) is 0. The molecule has 0 fully saturated rings. The van der Waals surface area contributed by atoms with Crippen molar-refractivity contribution in [1.29, 1.82) is 0 Å². The van der Waals surface area contributed by atoms with Crippen molar-refractivity contribution >= 4 is 6.21 Å². The van der Waals surface area contributed by atoms with E-state index < -0.39 is 0 Å². The van der Waals surface area contributed by atoms with Gasteiger partial charge in [-0.2, -0.15) is 0 Å². The fraction of sp³-hybridized carbons (Fsp3) is 0. The second-order valence-electron chi connectivity index (χ2n) is 1.34. The first kappa shape index (κ1) is 5.04. The Bertz CT molecular complexity index is 105. The van der Waals surface area contributed by atoms with Crippen LogP contribution in [-0.2, 0) is 0 Å². The van der Waals surface area contributed by atoms with Crippen LogP contribution in [0.25, 0.3) is 0 Å². The van der Waals surface area contributed by atoms with Gasteiger partial charge >= 0.3 is 0 Å². The van der Waals surface area contributed by atoms with Crippen molar-refractivity contribution in [2.75, 3.05) is 0 Å². The lowest BCUT2D eigenvalue weighted by Gasteiger charge is -1.76. The lowest BCUT2D eigenvalue weighted by molar-refractivity contribution is 1.58. The molecule has 0 aliphatic carbocycles. The normalized spacial score (nSPS) is 16.0. The van der Waals surface area contributed by atoms with Crippen molar-refractivity contribution in [2.24, 2.45) is 4.99 Å². The molecule has 0 aromatic heterocycles. The SMILES string of the molecule is [C]1=NC=CC=CC=C1. The van der Waals surface area contributed by atoms with Crippen LogP contribution in [0.3, 0.4) is 0 Å². The molecule has 0 spiro atoms. The Morgan fingerprint density at radius 2 is 1.88 bits per heavy atom. The summed E-state index contributed by atoms with van der Waals surface area (Å²) in [6.07, 6.45) is 13.7. The zero-order valence-corrected chi connectivity index (χ0v) is 4.41. The summed E-state index contributed by atoms with van der Waals surface area (Å²) < 4.78 is 0. The second kappa shape index (κ2) is 2.97. The van der Waals surface area contributed by atoms with E-state index in [1.807, 2.05) is 24.3 Å². The zero-order valence-electron chi connectivity index (χ0n) is 4.41. The Morgan fingerprint density at radius 3 is 2.88 bits per heavy atom. The Balaban J connectivity index is 2.67. The fourth-order valence-electron chi connectivity index (χ4n) is 0.406. The minimum absolute atomic E-state index is 1.69. The van der Waals surface area contributed by atoms with Crippen LogP contribution in [0.4, 0.5) is 0 Å². The molecular formula is C7H6N. The molecule has 1 aliphatic heterocycles. The third-order valence-corrected chi connectivity index (χ3v) is 0.739. The Kier molecular flexibility index (Phi) is 1.87. The van der Waals surface area contributed by atoms with Gasteiger partial charge in [0.2, 0.25) is 0 Å². The molecule has 1 heterocycles. The van der Waals surface area contributed by atoms with E-state index in [0.29, 0.717) is 0 Å². The molecule has 0 atom stereocenters. The van der Waals surface area contributed by atoms with E-state index in [-0.39, 0.29) is 0 Å². The summed E-state index contributed by atoms with van der Waals surface area (Å²) >= 11 is 0. The van der Waals surface area contributed by atoms with E-state index in [1.54, 1.807) is 12.3 Å². The Labute approximate surface area is 48.7 Å². The molecule has 0 aromatic carbocycles. The van der Waals surface area contributed by atoms with Gasteiger partial charge in [-0.05, 0) is 12.2 Å². The third-order valence-electron chi connectivity index (χ3n) is 0.739. The summed E-state index contributed by atoms with van der Waals surface area (Å²) in [5, 5.41) is 0. The van der Waals surface area contributed by atoms with Crippen molar-refractivity contribution in [3.05, 3.63) is 36.6 Å². The fourth-order valence-corrected chi connectivity index (χ4v) is 0.406. The van der Waals surface area contributed by atoms with Gasteiger partial charge in [0.05, 0.1) is 6.21 Å². The number of hydrogen-bond acceptors (Lipinski definition) is 1. The highest BCUT2D eigenvalue weighted by Gasteiger charge is 1.67. The van der Waals surface area contributed by atoms with Gasteiger partial charge in [-0.15, -0.1) is 0 Å². The highest BCUT2D eigenvalue weighted by Crippen LogP contribution is 1.83. The summed E-state index contributed by atoms with van der Waals surface area (Å²) in [5.41, 5.74) is 0. The van der Waals surface area contributed by atoms with Crippen LogP contribution in [0.2, 0.25) is 0 Å². The molecule has 1 rings (SSSR count). The summed E-state index contributed by atoms with van der Waals surface area (Å²) in [6.45, 7) is 0. The first-order chi connectivity index (χ1) is 4.00. The average molecular weight is 104 g/mol. The first-order valence-corrected chi connectivity index (χ1v) is 2.44. The van der Waals surface area contributed by atoms with Gasteiger partial charge in [0.15, 0.2) is 0 Å². The van der Waals surface area contributed by atoms with Crippen LogP contribution < -0.4 is 0 Å². The smallest absolute Gasteiger partial charge is 0.0886 e. The summed E-state index contributed by atoms with van der Waals surface area (Å²) in [4.78, 5) is 3.76. The number of aliphatic imine (C=N–C) groups is 1. The van der Waals surface area contributed by atoms with Crippen molar-refractivity contribution in [3.8, 4) is 0 Å². The average Bonchev–Trinajstić information content (AvgIpc) is 1.62. The van der Waals surface area contributed by atoms with Gasteiger partial charge in [-0.25, -0.2) is 0 Å². The van der Waals surface area contributed by atoms with Crippen molar-refractivity contribution in [2.45, 2.75) is 0 Å². The highest BCUT2D eigenvalue weighted by molar-refractivity contribution is 5.72. The summed E-state index contributed by atoms with van der Waals surface area (Å²) in [5.74, 6) is 0. The maximum atomic E-state index is 3.76. The topological polar surface area (TPSA) is 12.4 Å². The number of nitrogens with zero attached hydrogens (tertiary/aromatic N) is 1. The molecule has 1 radical (unpaired) electrons. The van der Waals surface area contributed by atoms with E-state index in [4.69, 9.17) is 0 Å². The van der Waals surface area contributed by atoms with E-state index in [9.17, 15) is 0 Å². The summed E-state index contributed by atoms with van der Waals surface area (Å²) in [7, 11) is 0. The minimum Gasteiger partial charge on any atom is -0.255 e. The number of allylic oxidation sites excluding steroid dienone is 5. The third kappa shape index (κ3) is 1.56. The van der Waals surface area contributed by atoms with E-state index in [2.05, 4.69) is 11.2 Å². The van der Waals surface area contributed by atoms with Crippen LogP contribution in [0.5, 0.6) is 0 Å². The molecule has 1 heteroatoms. The predicted octanol–water partition coefficient (Wildman–Crippen LogP) is 1.57. The maximum absolute atomic E-state index is 3.76. The molecule has 0 saturated heterocycles. The van der Waals surface area contributed by atoms with Crippen LogP contribution in [0.1, 0.15) is 0 Å². The molecule has 0 aromatic rings. The highest BCUT2D eigenvalue weighted by atomic mass is 14.6. The standard InChI is InChI=1S/C7H6N/c1-2-4-6-8-7-5-3-1/h1-6H. The molecule has 0 bridgehead atoms. The molecule has 8 heavy (non-hydrogen) atoms. The van der Waals surface area contributed by atoms with E-state index in [1.165, 1.54) is 0 Å². The quantitative estimate of drug-likeness (QED) is 0.442. The predicted molar refractivity (Wildman–Crippen MR) is 34.9 cm³/mol. The van der Waals surface area contributed by atoms with Crippen LogP contribution in [0, 0.1) is 0 Å². The largest absolute Gasteiger partial charge is 0.255 e. The first-order valence-electron chi connectivity index (χ1n) is 2.44. The second-order valence-corrected chi connectivity index (χ2v) is 1.34. The lowest BCUT2D eigenvalue weighted by Crippen LogP contribution is -1.63. The molecule has 0 unspecified atom stereocenters. The molecule has 1 nitrogen and oxygen atoms in total. The monoisotopic (exact) mass is 104 g/mol. The molecular weight excluding hydrogens is 98.1 g/mol. The van der Waals surface area contributed by atoms with E-state index >= 15 is 0 Å². The minimum atomic E-state index is 1.69. The van der Waals surface area contributed by atoms with Crippen LogP contribution in [0.15, 0.2) is 41.6 Å². The van der Waals surface area contributed by atoms with Gasteiger partial charge in [0, 0.05) is 6.20 Å². The molecule has 0 N–H and O–H groups in total. The van der Waals surface area contributed by atoms with Gasteiger partial charge < -0.3 is 0 Å². The van der Waals surface area contributed by atoms with Crippen LogP contribution in [-0.4, -0.2) is 6.21 Å². The van der Waals surface area contributed by atoms with Crippen LogP contribution >= 0.6 is 0 Å². The van der Waals surface area contributed by atoms with Crippen molar-refractivity contribution in [3.63, 3.8) is 0 Å². The summed E-state index contributed by atoms with van der Waals surface area (Å²) in [6, 6.07) is 0.